The lowest BCUT2D eigenvalue weighted by Crippen LogP contribution is -2.18. The van der Waals surface area contributed by atoms with E-state index in [0.717, 1.165) is 0 Å². The Labute approximate surface area is 89.9 Å². The van der Waals surface area contributed by atoms with Gasteiger partial charge in [0.15, 0.2) is 0 Å². The molecule has 0 heterocycles. The quantitative estimate of drug-likeness (QED) is 0.423. The van der Waals surface area contributed by atoms with Gasteiger partial charge in [0, 0.05) is 23.6 Å². The summed E-state index contributed by atoms with van der Waals surface area (Å²) in [5, 5.41) is 10.9. The molecule has 1 rings (SSSR count). The van der Waals surface area contributed by atoms with E-state index in [9.17, 15) is 10.1 Å². The summed E-state index contributed by atoms with van der Waals surface area (Å²) < 4.78 is -0.770. The van der Waals surface area contributed by atoms with Crippen molar-refractivity contribution in [3.8, 4) is 0 Å². The molecule has 0 aromatic rings. The molecule has 1 aliphatic carbocycles. The Hall–Kier alpha value is -0.190. The van der Waals surface area contributed by atoms with Crippen molar-refractivity contribution in [1.82, 2.24) is 0 Å². The Balaban J connectivity index is 3.01. The lowest BCUT2D eigenvalue weighted by Gasteiger charge is -2.22. The predicted octanol–water partition coefficient (Wildman–Crippen LogP) is 2.97. The Kier molecular flexibility index (Phi) is 3.27. The SMILES string of the molecule is CSC1(Cl)C=C([N+](=O)[O-])C=C(Cl)C1. The van der Waals surface area contributed by atoms with Gasteiger partial charge in [0.05, 0.1) is 4.92 Å². The maximum absolute atomic E-state index is 10.5. The average Bonchev–Trinajstić information content (AvgIpc) is 2.03. The van der Waals surface area contributed by atoms with Gasteiger partial charge in [-0.15, -0.1) is 23.4 Å². The van der Waals surface area contributed by atoms with Gasteiger partial charge in [-0.05, 0) is 6.26 Å². The van der Waals surface area contributed by atoms with Gasteiger partial charge in [-0.2, -0.15) is 0 Å². The fourth-order valence-electron chi connectivity index (χ4n) is 0.992. The minimum atomic E-state index is -0.770. The van der Waals surface area contributed by atoms with Gasteiger partial charge in [0.25, 0.3) is 5.70 Å². The zero-order valence-electron chi connectivity index (χ0n) is 6.79. The van der Waals surface area contributed by atoms with Crippen LogP contribution in [0, 0.1) is 10.1 Å². The Morgan fingerprint density at radius 2 is 2.38 bits per heavy atom. The molecule has 0 aromatic carbocycles. The van der Waals surface area contributed by atoms with Crippen LogP contribution in [0.2, 0.25) is 0 Å². The summed E-state index contributed by atoms with van der Waals surface area (Å²) in [5.74, 6) is 0. The van der Waals surface area contributed by atoms with Gasteiger partial charge in [-0.1, -0.05) is 11.6 Å². The molecule has 0 saturated heterocycles. The maximum Gasteiger partial charge on any atom is 0.269 e. The molecule has 1 aliphatic rings. The predicted molar refractivity (Wildman–Crippen MR) is 55.7 cm³/mol. The van der Waals surface area contributed by atoms with Crippen molar-refractivity contribution in [2.75, 3.05) is 6.26 Å². The topological polar surface area (TPSA) is 43.1 Å². The molecule has 0 fully saturated rings. The van der Waals surface area contributed by atoms with Crippen molar-refractivity contribution in [3.05, 3.63) is 33.0 Å². The normalized spacial score (nSPS) is 27.9. The number of hydrogen-bond donors (Lipinski definition) is 0. The molecule has 0 radical (unpaired) electrons. The summed E-state index contributed by atoms with van der Waals surface area (Å²) in [5.41, 5.74) is -0.0411. The van der Waals surface area contributed by atoms with E-state index in [1.807, 2.05) is 0 Å². The molecular formula is C7H7Cl2NO2S. The first-order valence-corrected chi connectivity index (χ1v) is 5.42. The van der Waals surface area contributed by atoms with Crippen molar-refractivity contribution in [2.45, 2.75) is 10.6 Å². The number of thioether (sulfide) groups is 1. The standard InChI is InChI=1S/C7H7Cl2NO2S/c1-13-7(9)3-5(8)2-6(4-7)10(11)12/h2,4H,3H2,1H3. The number of nitrogens with zero attached hydrogens (tertiary/aromatic N) is 1. The maximum atomic E-state index is 10.5. The van der Waals surface area contributed by atoms with E-state index in [0.29, 0.717) is 11.5 Å². The van der Waals surface area contributed by atoms with Gasteiger partial charge in [0.1, 0.15) is 4.21 Å². The Morgan fingerprint density at radius 3 is 2.85 bits per heavy atom. The fourth-order valence-corrected chi connectivity index (χ4v) is 2.26. The molecule has 0 bridgehead atoms. The highest BCUT2D eigenvalue weighted by Crippen LogP contribution is 2.41. The van der Waals surface area contributed by atoms with Crippen LogP contribution in [0.25, 0.3) is 0 Å². The third-order valence-electron chi connectivity index (χ3n) is 1.63. The first-order chi connectivity index (χ1) is 5.97. The molecule has 0 saturated carbocycles. The highest BCUT2D eigenvalue weighted by molar-refractivity contribution is 8.01. The van der Waals surface area contributed by atoms with E-state index in [-0.39, 0.29) is 5.70 Å². The molecule has 0 amide bonds. The summed E-state index contributed by atoms with van der Waals surface area (Å²) in [6.45, 7) is 0. The zero-order valence-corrected chi connectivity index (χ0v) is 9.12. The molecule has 1 unspecified atom stereocenters. The highest BCUT2D eigenvalue weighted by Gasteiger charge is 2.32. The lowest BCUT2D eigenvalue weighted by molar-refractivity contribution is -0.419. The molecule has 0 spiro atoms. The van der Waals surface area contributed by atoms with Crippen molar-refractivity contribution in [3.63, 3.8) is 0 Å². The van der Waals surface area contributed by atoms with Crippen LogP contribution >= 0.6 is 35.0 Å². The molecule has 0 aromatic heterocycles. The lowest BCUT2D eigenvalue weighted by atomic mass is 10.1. The van der Waals surface area contributed by atoms with Gasteiger partial charge in [0.2, 0.25) is 0 Å². The average molecular weight is 240 g/mol. The summed E-state index contributed by atoms with van der Waals surface area (Å²) in [6.07, 6.45) is 4.97. The van der Waals surface area contributed by atoms with Crippen LogP contribution in [0.4, 0.5) is 0 Å². The van der Waals surface area contributed by atoms with E-state index in [1.165, 1.54) is 23.9 Å². The smallest absolute Gasteiger partial charge is 0.258 e. The minimum Gasteiger partial charge on any atom is -0.258 e. The number of nitro groups is 1. The molecular weight excluding hydrogens is 233 g/mol. The van der Waals surface area contributed by atoms with Crippen molar-refractivity contribution in [1.29, 1.82) is 0 Å². The highest BCUT2D eigenvalue weighted by atomic mass is 35.5. The van der Waals surface area contributed by atoms with Crippen LogP contribution in [0.1, 0.15) is 6.42 Å². The summed E-state index contributed by atoms with van der Waals surface area (Å²) in [4.78, 5) is 9.98. The number of alkyl halides is 1. The molecule has 72 valence electrons. The van der Waals surface area contributed by atoms with Gasteiger partial charge in [-0.3, -0.25) is 10.1 Å². The molecule has 0 aliphatic heterocycles. The fraction of sp³-hybridized carbons (Fsp3) is 0.429. The minimum absolute atomic E-state index is 0.0411. The number of halogens is 2. The van der Waals surface area contributed by atoms with E-state index in [4.69, 9.17) is 23.2 Å². The first kappa shape index (κ1) is 10.9. The monoisotopic (exact) mass is 239 g/mol. The van der Waals surface area contributed by atoms with E-state index in [2.05, 4.69) is 0 Å². The number of rotatable bonds is 2. The Bertz CT molecular complexity index is 303. The van der Waals surface area contributed by atoms with Crippen molar-refractivity contribution < 1.29 is 4.92 Å². The largest absolute Gasteiger partial charge is 0.269 e. The van der Waals surface area contributed by atoms with E-state index < -0.39 is 9.13 Å². The Morgan fingerprint density at radius 1 is 1.77 bits per heavy atom. The molecule has 1 atom stereocenters. The van der Waals surface area contributed by atoms with Crippen molar-refractivity contribution in [2.24, 2.45) is 0 Å². The van der Waals surface area contributed by atoms with Crippen LogP contribution in [0.5, 0.6) is 0 Å². The molecule has 3 nitrogen and oxygen atoms in total. The summed E-state index contributed by atoms with van der Waals surface area (Å²) >= 11 is 13.1. The van der Waals surface area contributed by atoms with E-state index >= 15 is 0 Å². The van der Waals surface area contributed by atoms with Crippen LogP contribution in [0.15, 0.2) is 22.9 Å². The molecule has 0 N–H and O–H groups in total. The van der Waals surface area contributed by atoms with E-state index in [1.54, 1.807) is 6.26 Å². The summed E-state index contributed by atoms with van der Waals surface area (Å²) in [7, 11) is 0. The van der Waals surface area contributed by atoms with Gasteiger partial charge in [-0.25, -0.2) is 0 Å². The number of hydrogen-bond acceptors (Lipinski definition) is 3. The second kappa shape index (κ2) is 3.90. The number of allylic oxidation sites excluding steroid dienone is 2. The van der Waals surface area contributed by atoms with Crippen LogP contribution < -0.4 is 0 Å². The van der Waals surface area contributed by atoms with Gasteiger partial charge < -0.3 is 0 Å². The van der Waals surface area contributed by atoms with Gasteiger partial charge >= 0.3 is 0 Å². The molecule has 6 heteroatoms. The second-order valence-corrected chi connectivity index (χ2v) is 5.11. The second-order valence-electron chi connectivity index (χ2n) is 2.58. The van der Waals surface area contributed by atoms with Crippen LogP contribution in [0.3, 0.4) is 0 Å². The third-order valence-corrected chi connectivity index (χ3v) is 3.52. The van der Waals surface area contributed by atoms with Crippen LogP contribution in [-0.2, 0) is 0 Å². The van der Waals surface area contributed by atoms with Crippen LogP contribution in [-0.4, -0.2) is 15.4 Å². The summed E-state index contributed by atoms with van der Waals surface area (Å²) in [6, 6.07) is 0. The zero-order chi connectivity index (χ0) is 10.1. The molecule has 13 heavy (non-hydrogen) atoms. The third kappa shape index (κ3) is 2.62. The first-order valence-electron chi connectivity index (χ1n) is 3.44. The van der Waals surface area contributed by atoms with Crippen molar-refractivity contribution >= 4 is 35.0 Å².